The lowest BCUT2D eigenvalue weighted by atomic mass is 10.2. The summed E-state index contributed by atoms with van der Waals surface area (Å²) in [4.78, 5) is 10.9. The summed E-state index contributed by atoms with van der Waals surface area (Å²) in [5.41, 5.74) is 7.38. The van der Waals surface area contributed by atoms with E-state index in [1.165, 1.54) is 0 Å². The highest BCUT2D eigenvalue weighted by Gasteiger charge is 2.15. The van der Waals surface area contributed by atoms with Crippen molar-refractivity contribution in [1.29, 1.82) is 0 Å². The number of benzene rings is 1. The van der Waals surface area contributed by atoms with E-state index in [2.05, 4.69) is 28.7 Å². The molecule has 1 heterocycles. The van der Waals surface area contributed by atoms with E-state index in [1.54, 1.807) is 13.4 Å². The molecule has 2 rings (SSSR count). The molecule has 0 bridgehead atoms. The Morgan fingerprint density at radius 1 is 1.32 bits per heavy atom. The van der Waals surface area contributed by atoms with E-state index in [4.69, 9.17) is 10.5 Å². The molecule has 2 aromatic rings. The Balaban J connectivity index is 2.47. The molecule has 0 aliphatic carbocycles. The van der Waals surface area contributed by atoms with Crippen molar-refractivity contribution < 1.29 is 4.74 Å². The van der Waals surface area contributed by atoms with Crippen molar-refractivity contribution in [2.24, 2.45) is 0 Å². The summed E-state index contributed by atoms with van der Waals surface area (Å²) in [6.07, 6.45) is 1.58. The number of fused-ring (bicyclic) bond motifs is 1. The monoisotopic (exact) mass is 260 g/mol. The standard InChI is InChI=1S/C14H20N4O/c1-10(2)18(6-7-19-3)14-12-5-4-11(15)8-13(12)16-9-17-14/h4-5,8-10H,6-7,15H2,1-3H3. The van der Waals surface area contributed by atoms with Gasteiger partial charge in [-0.2, -0.15) is 0 Å². The molecule has 0 atom stereocenters. The number of methoxy groups -OCH3 is 1. The van der Waals surface area contributed by atoms with E-state index >= 15 is 0 Å². The highest BCUT2D eigenvalue weighted by atomic mass is 16.5. The van der Waals surface area contributed by atoms with Crippen LogP contribution in [0.4, 0.5) is 11.5 Å². The highest BCUT2D eigenvalue weighted by molar-refractivity contribution is 5.91. The van der Waals surface area contributed by atoms with Gasteiger partial charge in [0, 0.05) is 30.8 Å². The van der Waals surface area contributed by atoms with E-state index in [9.17, 15) is 0 Å². The molecule has 5 heteroatoms. The zero-order valence-corrected chi connectivity index (χ0v) is 11.6. The van der Waals surface area contributed by atoms with Crippen molar-refractivity contribution >= 4 is 22.4 Å². The lowest BCUT2D eigenvalue weighted by Crippen LogP contribution is -2.34. The fourth-order valence-corrected chi connectivity index (χ4v) is 2.09. The smallest absolute Gasteiger partial charge is 0.140 e. The number of nitrogens with zero attached hydrogens (tertiary/aromatic N) is 3. The first-order chi connectivity index (χ1) is 9.13. The Kier molecular flexibility index (Phi) is 4.16. The number of anilines is 2. The molecule has 0 fully saturated rings. The lowest BCUT2D eigenvalue weighted by Gasteiger charge is -2.28. The number of nitrogen functional groups attached to an aromatic ring is 1. The minimum absolute atomic E-state index is 0.339. The molecule has 2 N–H and O–H groups in total. The van der Waals surface area contributed by atoms with Gasteiger partial charge in [0.1, 0.15) is 12.1 Å². The van der Waals surface area contributed by atoms with Crippen LogP contribution in [-0.4, -0.2) is 36.3 Å². The average Bonchev–Trinajstić information content (AvgIpc) is 2.38. The van der Waals surface area contributed by atoms with Crippen LogP contribution < -0.4 is 10.6 Å². The Bertz CT molecular complexity index is 556. The van der Waals surface area contributed by atoms with Crippen LogP contribution >= 0.6 is 0 Å². The topological polar surface area (TPSA) is 64.3 Å². The van der Waals surface area contributed by atoms with Gasteiger partial charge in [0.05, 0.1) is 12.1 Å². The second kappa shape index (κ2) is 5.84. The van der Waals surface area contributed by atoms with E-state index in [0.717, 1.165) is 23.3 Å². The third-order valence-corrected chi connectivity index (χ3v) is 3.07. The minimum Gasteiger partial charge on any atom is -0.399 e. The van der Waals surface area contributed by atoms with Gasteiger partial charge in [-0.3, -0.25) is 0 Å². The molecule has 0 aliphatic rings. The fraction of sp³-hybridized carbons (Fsp3) is 0.429. The normalized spacial score (nSPS) is 11.2. The molecule has 0 amide bonds. The Hall–Kier alpha value is -1.88. The zero-order chi connectivity index (χ0) is 13.8. The molecule has 0 unspecified atom stereocenters. The van der Waals surface area contributed by atoms with E-state index in [-0.39, 0.29) is 0 Å². The number of hydrogen-bond acceptors (Lipinski definition) is 5. The van der Waals surface area contributed by atoms with Gasteiger partial charge in [-0.15, -0.1) is 0 Å². The fourth-order valence-electron chi connectivity index (χ4n) is 2.09. The number of nitrogens with two attached hydrogens (primary N) is 1. The van der Waals surface area contributed by atoms with Crippen LogP contribution in [0.2, 0.25) is 0 Å². The Morgan fingerprint density at radius 3 is 2.79 bits per heavy atom. The van der Waals surface area contributed by atoms with Crippen LogP contribution in [0.25, 0.3) is 10.9 Å². The summed E-state index contributed by atoms with van der Waals surface area (Å²) in [7, 11) is 1.71. The quantitative estimate of drug-likeness (QED) is 0.834. The number of hydrogen-bond donors (Lipinski definition) is 1. The van der Waals surface area contributed by atoms with Crippen LogP contribution in [0.5, 0.6) is 0 Å². The summed E-state index contributed by atoms with van der Waals surface area (Å²) in [5, 5.41) is 1.02. The SMILES string of the molecule is COCCN(c1ncnc2cc(N)ccc12)C(C)C. The first-order valence-electron chi connectivity index (χ1n) is 6.39. The Morgan fingerprint density at radius 2 is 2.11 bits per heavy atom. The molecule has 0 radical (unpaired) electrons. The van der Waals surface area contributed by atoms with Gasteiger partial charge in [0.25, 0.3) is 0 Å². The van der Waals surface area contributed by atoms with Crippen LogP contribution in [-0.2, 0) is 4.74 Å². The number of rotatable bonds is 5. The second-order valence-electron chi connectivity index (χ2n) is 4.75. The van der Waals surface area contributed by atoms with Gasteiger partial charge < -0.3 is 15.4 Å². The van der Waals surface area contributed by atoms with Gasteiger partial charge in [-0.05, 0) is 32.0 Å². The van der Waals surface area contributed by atoms with Gasteiger partial charge >= 0.3 is 0 Å². The predicted octanol–water partition coefficient (Wildman–Crippen LogP) is 2.07. The summed E-state index contributed by atoms with van der Waals surface area (Å²) in [6.45, 7) is 5.74. The molecule has 1 aromatic heterocycles. The van der Waals surface area contributed by atoms with Crippen molar-refractivity contribution in [3.05, 3.63) is 24.5 Å². The molecule has 0 saturated carbocycles. The zero-order valence-electron chi connectivity index (χ0n) is 11.6. The predicted molar refractivity (Wildman–Crippen MR) is 78.3 cm³/mol. The maximum Gasteiger partial charge on any atom is 0.140 e. The average molecular weight is 260 g/mol. The van der Waals surface area contributed by atoms with Crippen LogP contribution in [0.3, 0.4) is 0 Å². The third kappa shape index (κ3) is 2.93. The number of ether oxygens (including phenoxy) is 1. The van der Waals surface area contributed by atoms with Crippen molar-refractivity contribution in [3.63, 3.8) is 0 Å². The summed E-state index contributed by atoms with van der Waals surface area (Å²) >= 11 is 0. The van der Waals surface area contributed by atoms with Gasteiger partial charge in [0.2, 0.25) is 0 Å². The molecular formula is C14H20N4O. The summed E-state index contributed by atoms with van der Waals surface area (Å²) < 4.78 is 5.17. The summed E-state index contributed by atoms with van der Waals surface area (Å²) in [5.74, 6) is 0.928. The summed E-state index contributed by atoms with van der Waals surface area (Å²) in [6, 6.07) is 6.06. The van der Waals surface area contributed by atoms with Crippen molar-refractivity contribution in [2.75, 3.05) is 30.9 Å². The molecule has 5 nitrogen and oxygen atoms in total. The molecule has 0 aliphatic heterocycles. The third-order valence-electron chi connectivity index (χ3n) is 3.07. The molecular weight excluding hydrogens is 240 g/mol. The number of aromatic nitrogens is 2. The second-order valence-corrected chi connectivity index (χ2v) is 4.75. The molecule has 0 saturated heterocycles. The molecule has 0 spiro atoms. The lowest BCUT2D eigenvalue weighted by molar-refractivity contribution is 0.203. The van der Waals surface area contributed by atoms with E-state index < -0.39 is 0 Å². The van der Waals surface area contributed by atoms with E-state index in [1.807, 2.05) is 18.2 Å². The first-order valence-corrected chi connectivity index (χ1v) is 6.39. The van der Waals surface area contributed by atoms with Gasteiger partial charge in [-0.25, -0.2) is 9.97 Å². The maximum atomic E-state index is 5.80. The molecule has 1 aromatic carbocycles. The highest BCUT2D eigenvalue weighted by Crippen LogP contribution is 2.25. The van der Waals surface area contributed by atoms with Crippen molar-refractivity contribution in [1.82, 2.24) is 9.97 Å². The van der Waals surface area contributed by atoms with Crippen LogP contribution in [0.1, 0.15) is 13.8 Å². The van der Waals surface area contributed by atoms with Crippen LogP contribution in [0, 0.1) is 0 Å². The van der Waals surface area contributed by atoms with Gasteiger partial charge in [-0.1, -0.05) is 0 Å². The van der Waals surface area contributed by atoms with E-state index in [0.29, 0.717) is 18.3 Å². The molecule has 19 heavy (non-hydrogen) atoms. The van der Waals surface area contributed by atoms with Crippen LogP contribution in [0.15, 0.2) is 24.5 Å². The van der Waals surface area contributed by atoms with Crippen molar-refractivity contribution in [2.45, 2.75) is 19.9 Å². The largest absolute Gasteiger partial charge is 0.399 e. The maximum absolute atomic E-state index is 5.80. The minimum atomic E-state index is 0.339. The molecule has 102 valence electrons. The van der Waals surface area contributed by atoms with Gasteiger partial charge in [0.15, 0.2) is 0 Å². The first kappa shape index (κ1) is 13.5. The Labute approximate surface area is 113 Å². The van der Waals surface area contributed by atoms with Crippen molar-refractivity contribution in [3.8, 4) is 0 Å².